The van der Waals surface area contributed by atoms with Crippen molar-refractivity contribution >= 4 is 0 Å². The predicted molar refractivity (Wildman–Crippen MR) is 67.0 cm³/mol. The third-order valence-corrected chi connectivity index (χ3v) is 2.86. The first-order chi connectivity index (χ1) is 7.74. The molecule has 0 aliphatic rings. The Morgan fingerprint density at radius 3 is 2.44 bits per heavy atom. The Morgan fingerprint density at radius 1 is 1.19 bits per heavy atom. The molecule has 0 saturated heterocycles. The van der Waals surface area contributed by atoms with Gasteiger partial charge in [-0.25, -0.2) is 4.68 Å². The van der Waals surface area contributed by atoms with Crippen LogP contribution in [0.4, 0.5) is 0 Å². The van der Waals surface area contributed by atoms with Crippen LogP contribution in [0, 0.1) is 0 Å². The predicted octanol–water partition coefficient (Wildman–Crippen LogP) is 3.56. The highest BCUT2D eigenvalue weighted by molar-refractivity contribution is 5.35. The first-order valence-corrected chi connectivity index (χ1v) is 5.86. The number of benzene rings is 1. The minimum atomic E-state index is 0.535. The van der Waals surface area contributed by atoms with Crippen molar-refractivity contribution in [3.63, 3.8) is 0 Å². The molecule has 0 aliphatic carbocycles. The maximum Gasteiger partial charge on any atom is 0.0648 e. The summed E-state index contributed by atoms with van der Waals surface area (Å²) in [5.74, 6) is 0.535. The van der Waals surface area contributed by atoms with Crippen LogP contribution in [-0.2, 0) is 6.42 Å². The molecule has 0 aliphatic heterocycles. The van der Waals surface area contributed by atoms with Crippen LogP contribution in [0.5, 0.6) is 0 Å². The Kier molecular flexibility index (Phi) is 3.09. The van der Waals surface area contributed by atoms with Gasteiger partial charge in [-0.05, 0) is 30.0 Å². The van der Waals surface area contributed by atoms with E-state index in [1.54, 1.807) is 0 Å². The van der Waals surface area contributed by atoms with E-state index in [2.05, 4.69) is 42.7 Å². The zero-order valence-electron chi connectivity index (χ0n) is 10.1. The molecule has 0 amide bonds. The molecule has 84 valence electrons. The van der Waals surface area contributed by atoms with Crippen LogP contribution in [0.3, 0.4) is 0 Å². The van der Waals surface area contributed by atoms with Gasteiger partial charge in [0.1, 0.15) is 0 Å². The van der Waals surface area contributed by atoms with Crippen molar-refractivity contribution in [3.8, 4) is 5.69 Å². The molecule has 0 unspecified atom stereocenters. The first kappa shape index (κ1) is 10.9. The van der Waals surface area contributed by atoms with Crippen molar-refractivity contribution in [2.24, 2.45) is 0 Å². The van der Waals surface area contributed by atoms with E-state index in [1.807, 2.05) is 24.4 Å². The molecule has 0 fully saturated rings. The molecule has 0 bridgehead atoms. The lowest BCUT2D eigenvalue weighted by atomic mass is 10.0. The fraction of sp³-hybridized carbons (Fsp3) is 0.357. The second-order valence-electron chi connectivity index (χ2n) is 4.30. The molecule has 0 atom stereocenters. The number of hydrogen-bond acceptors (Lipinski definition) is 1. The molecule has 2 rings (SSSR count). The zero-order valence-corrected chi connectivity index (χ0v) is 10.1. The molecule has 0 spiro atoms. The lowest BCUT2D eigenvalue weighted by molar-refractivity contribution is 0.789. The highest BCUT2D eigenvalue weighted by atomic mass is 15.3. The summed E-state index contributed by atoms with van der Waals surface area (Å²) in [5.41, 5.74) is 3.82. The van der Waals surface area contributed by atoms with Crippen molar-refractivity contribution in [2.45, 2.75) is 33.1 Å². The number of aromatic nitrogens is 2. The van der Waals surface area contributed by atoms with Crippen LogP contribution in [0.1, 0.15) is 37.9 Å². The molecular formula is C14H18N2. The highest BCUT2D eigenvalue weighted by Crippen LogP contribution is 2.22. The second kappa shape index (κ2) is 4.52. The highest BCUT2D eigenvalue weighted by Gasteiger charge is 2.12. The van der Waals surface area contributed by atoms with E-state index >= 15 is 0 Å². The van der Waals surface area contributed by atoms with Crippen LogP contribution >= 0.6 is 0 Å². The van der Waals surface area contributed by atoms with Gasteiger partial charge in [0.05, 0.1) is 11.9 Å². The molecule has 1 aromatic carbocycles. The Labute approximate surface area is 96.9 Å². The Morgan fingerprint density at radius 2 is 1.88 bits per heavy atom. The fourth-order valence-corrected chi connectivity index (χ4v) is 2.01. The van der Waals surface area contributed by atoms with Gasteiger partial charge in [0.25, 0.3) is 0 Å². The molecule has 1 heterocycles. The summed E-state index contributed by atoms with van der Waals surface area (Å²) in [4.78, 5) is 0. The standard InChI is InChI=1S/C14H18N2/c1-4-14-13(11(2)3)10-15-16(14)12-8-6-5-7-9-12/h5-11H,4H2,1-3H3. The number of nitrogens with zero attached hydrogens (tertiary/aromatic N) is 2. The topological polar surface area (TPSA) is 17.8 Å². The average molecular weight is 214 g/mol. The van der Waals surface area contributed by atoms with Gasteiger partial charge >= 0.3 is 0 Å². The van der Waals surface area contributed by atoms with E-state index in [-0.39, 0.29) is 0 Å². The Bertz CT molecular complexity index is 455. The second-order valence-corrected chi connectivity index (χ2v) is 4.30. The van der Waals surface area contributed by atoms with Crippen molar-refractivity contribution in [2.75, 3.05) is 0 Å². The number of para-hydroxylation sites is 1. The SMILES string of the molecule is CCc1c(C(C)C)cnn1-c1ccccc1. The average Bonchev–Trinajstić information content (AvgIpc) is 2.73. The normalized spacial score (nSPS) is 11.0. The van der Waals surface area contributed by atoms with E-state index in [0.717, 1.165) is 12.1 Å². The molecule has 0 N–H and O–H groups in total. The maximum atomic E-state index is 4.50. The van der Waals surface area contributed by atoms with Gasteiger partial charge in [0.15, 0.2) is 0 Å². The van der Waals surface area contributed by atoms with E-state index < -0.39 is 0 Å². The molecule has 2 heteroatoms. The molecular weight excluding hydrogens is 196 g/mol. The molecule has 0 saturated carbocycles. The van der Waals surface area contributed by atoms with Crippen LogP contribution in [0.25, 0.3) is 5.69 Å². The summed E-state index contributed by atoms with van der Waals surface area (Å²) in [6, 6.07) is 10.3. The Hall–Kier alpha value is -1.57. The van der Waals surface area contributed by atoms with Crippen molar-refractivity contribution < 1.29 is 0 Å². The lowest BCUT2D eigenvalue weighted by Gasteiger charge is -2.09. The van der Waals surface area contributed by atoms with E-state index in [4.69, 9.17) is 0 Å². The fourth-order valence-electron chi connectivity index (χ4n) is 2.01. The van der Waals surface area contributed by atoms with Crippen LogP contribution in [0.2, 0.25) is 0 Å². The largest absolute Gasteiger partial charge is 0.238 e. The smallest absolute Gasteiger partial charge is 0.0648 e. The summed E-state index contributed by atoms with van der Waals surface area (Å²) in [6.07, 6.45) is 3.01. The summed E-state index contributed by atoms with van der Waals surface area (Å²) in [6.45, 7) is 6.61. The van der Waals surface area contributed by atoms with Gasteiger partial charge in [-0.1, -0.05) is 39.0 Å². The molecule has 16 heavy (non-hydrogen) atoms. The number of rotatable bonds is 3. The van der Waals surface area contributed by atoms with Crippen LogP contribution in [-0.4, -0.2) is 9.78 Å². The third kappa shape index (κ3) is 1.87. The minimum Gasteiger partial charge on any atom is -0.238 e. The van der Waals surface area contributed by atoms with Crippen molar-refractivity contribution in [1.29, 1.82) is 0 Å². The first-order valence-electron chi connectivity index (χ1n) is 5.86. The van der Waals surface area contributed by atoms with Gasteiger partial charge in [-0.15, -0.1) is 0 Å². The minimum absolute atomic E-state index is 0.535. The Balaban J connectivity index is 2.50. The van der Waals surface area contributed by atoms with Crippen molar-refractivity contribution in [1.82, 2.24) is 9.78 Å². The summed E-state index contributed by atoms with van der Waals surface area (Å²) < 4.78 is 2.05. The van der Waals surface area contributed by atoms with Crippen molar-refractivity contribution in [3.05, 3.63) is 47.8 Å². The van der Waals surface area contributed by atoms with E-state index in [0.29, 0.717) is 5.92 Å². The maximum absolute atomic E-state index is 4.50. The summed E-state index contributed by atoms with van der Waals surface area (Å²) >= 11 is 0. The summed E-state index contributed by atoms with van der Waals surface area (Å²) in [7, 11) is 0. The third-order valence-electron chi connectivity index (χ3n) is 2.86. The van der Waals surface area contributed by atoms with Gasteiger partial charge in [-0.3, -0.25) is 0 Å². The molecule has 2 nitrogen and oxygen atoms in total. The summed E-state index contributed by atoms with van der Waals surface area (Å²) in [5, 5.41) is 4.50. The van der Waals surface area contributed by atoms with Gasteiger partial charge in [0, 0.05) is 5.69 Å². The van der Waals surface area contributed by atoms with E-state index in [1.165, 1.54) is 11.3 Å². The van der Waals surface area contributed by atoms with Gasteiger partial charge < -0.3 is 0 Å². The van der Waals surface area contributed by atoms with Crippen LogP contribution < -0.4 is 0 Å². The monoisotopic (exact) mass is 214 g/mol. The van der Waals surface area contributed by atoms with E-state index in [9.17, 15) is 0 Å². The quantitative estimate of drug-likeness (QED) is 0.764. The lowest BCUT2D eigenvalue weighted by Crippen LogP contribution is -2.03. The van der Waals surface area contributed by atoms with Crippen LogP contribution in [0.15, 0.2) is 36.5 Å². The molecule has 2 aromatic rings. The molecule has 0 radical (unpaired) electrons. The zero-order chi connectivity index (χ0) is 11.5. The van der Waals surface area contributed by atoms with Gasteiger partial charge in [0.2, 0.25) is 0 Å². The number of hydrogen-bond donors (Lipinski definition) is 0. The van der Waals surface area contributed by atoms with Gasteiger partial charge in [-0.2, -0.15) is 5.10 Å². The molecule has 1 aromatic heterocycles.